The van der Waals surface area contributed by atoms with Gasteiger partial charge in [0, 0.05) is 38.8 Å². The number of nitrogens with zero attached hydrogens (tertiary/aromatic N) is 2. The molecule has 0 saturated heterocycles. The zero-order valence-electron chi connectivity index (χ0n) is 13.5. The van der Waals surface area contributed by atoms with Crippen LogP contribution >= 0.6 is 11.3 Å². The van der Waals surface area contributed by atoms with Crippen LogP contribution in [0.4, 0.5) is 5.69 Å². The monoisotopic (exact) mass is 332 g/mol. The maximum Gasteiger partial charge on any atom is 0.339 e. The van der Waals surface area contributed by atoms with Gasteiger partial charge in [-0.3, -0.25) is 4.79 Å². The molecule has 122 valence electrons. The second kappa shape index (κ2) is 7.78. The van der Waals surface area contributed by atoms with Crippen LogP contribution in [0.1, 0.15) is 15.9 Å². The van der Waals surface area contributed by atoms with E-state index in [0.717, 1.165) is 11.3 Å². The summed E-state index contributed by atoms with van der Waals surface area (Å²) in [4.78, 5) is 27.3. The summed E-state index contributed by atoms with van der Waals surface area (Å²) in [5.74, 6) is -0.700. The summed E-state index contributed by atoms with van der Waals surface area (Å²) in [6.45, 7) is 0.226. The van der Waals surface area contributed by atoms with Gasteiger partial charge in [0.15, 0.2) is 6.61 Å². The van der Waals surface area contributed by atoms with E-state index in [9.17, 15) is 9.59 Å². The van der Waals surface area contributed by atoms with Crippen LogP contribution in [-0.4, -0.2) is 44.5 Å². The predicted molar refractivity (Wildman–Crippen MR) is 91.8 cm³/mol. The summed E-state index contributed by atoms with van der Waals surface area (Å²) < 4.78 is 5.03. The number of carbonyl (C=O) groups excluding carboxylic acids is 2. The van der Waals surface area contributed by atoms with Crippen molar-refractivity contribution >= 4 is 28.9 Å². The number of anilines is 1. The lowest BCUT2D eigenvalue weighted by Crippen LogP contribution is -2.30. The molecular formula is C17H20N2O3S. The molecule has 0 fully saturated rings. The molecule has 0 spiro atoms. The lowest BCUT2D eigenvalue weighted by atomic mass is 10.2. The van der Waals surface area contributed by atoms with Crippen LogP contribution < -0.4 is 4.90 Å². The minimum Gasteiger partial charge on any atom is -0.452 e. The molecule has 1 amide bonds. The molecule has 0 aliphatic carbocycles. The van der Waals surface area contributed by atoms with Gasteiger partial charge in [-0.1, -0.05) is 12.1 Å². The molecule has 0 unspecified atom stereocenters. The van der Waals surface area contributed by atoms with Gasteiger partial charge < -0.3 is 14.5 Å². The standard InChI is InChI=1S/C17H20N2O3S/c1-18(2)15-6-4-13(5-7-15)10-19(3)16(20)11-22-17(21)14-8-9-23-12-14/h4-9,12H,10-11H2,1-3H3. The van der Waals surface area contributed by atoms with Gasteiger partial charge in [0.25, 0.3) is 5.91 Å². The van der Waals surface area contributed by atoms with Crippen molar-refractivity contribution in [3.05, 3.63) is 52.2 Å². The van der Waals surface area contributed by atoms with Crippen LogP contribution in [0.3, 0.4) is 0 Å². The highest BCUT2D eigenvalue weighted by molar-refractivity contribution is 7.08. The third-order valence-corrected chi connectivity index (χ3v) is 4.07. The Labute approximate surface area is 140 Å². The van der Waals surface area contributed by atoms with Gasteiger partial charge in [-0.25, -0.2) is 4.79 Å². The zero-order valence-corrected chi connectivity index (χ0v) is 14.3. The summed E-state index contributed by atoms with van der Waals surface area (Å²) in [5, 5.41) is 3.49. The molecule has 0 radical (unpaired) electrons. The third-order valence-electron chi connectivity index (χ3n) is 3.38. The number of rotatable bonds is 6. The highest BCUT2D eigenvalue weighted by atomic mass is 32.1. The lowest BCUT2D eigenvalue weighted by Gasteiger charge is -2.18. The molecule has 0 atom stereocenters. The number of benzene rings is 1. The number of hydrogen-bond acceptors (Lipinski definition) is 5. The van der Waals surface area contributed by atoms with Crippen molar-refractivity contribution in [3.63, 3.8) is 0 Å². The highest BCUT2D eigenvalue weighted by Gasteiger charge is 2.14. The fourth-order valence-electron chi connectivity index (χ4n) is 1.96. The highest BCUT2D eigenvalue weighted by Crippen LogP contribution is 2.13. The summed E-state index contributed by atoms with van der Waals surface area (Å²) >= 11 is 1.41. The normalized spacial score (nSPS) is 10.2. The van der Waals surface area contributed by atoms with Crippen molar-refractivity contribution in [3.8, 4) is 0 Å². The van der Waals surface area contributed by atoms with Crippen LogP contribution in [0.5, 0.6) is 0 Å². The number of esters is 1. The van der Waals surface area contributed by atoms with Gasteiger partial charge in [-0.05, 0) is 29.1 Å². The Kier molecular flexibility index (Phi) is 5.76. The molecule has 1 heterocycles. The first-order chi connectivity index (χ1) is 11.0. The fourth-order valence-corrected chi connectivity index (χ4v) is 2.59. The van der Waals surface area contributed by atoms with E-state index in [-0.39, 0.29) is 12.5 Å². The van der Waals surface area contributed by atoms with Gasteiger partial charge >= 0.3 is 5.97 Å². The first-order valence-electron chi connectivity index (χ1n) is 7.17. The summed E-state index contributed by atoms with van der Waals surface area (Å²) in [6, 6.07) is 9.65. The number of carbonyl (C=O) groups is 2. The Bertz CT molecular complexity index is 651. The topological polar surface area (TPSA) is 49.9 Å². The number of ether oxygens (including phenoxy) is 1. The molecule has 0 N–H and O–H groups in total. The van der Waals surface area contributed by atoms with Crippen LogP contribution in [0.25, 0.3) is 0 Å². The molecule has 0 bridgehead atoms. The molecule has 0 aliphatic heterocycles. The summed E-state index contributed by atoms with van der Waals surface area (Å²) in [5.41, 5.74) is 2.60. The van der Waals surface area contributed by atoms with Gasteiger partial charge in [0.05, 0.1) is 5.56 Å². The van der Waals surface area contributed by atoms with E-state index in [1.165, 1.54) is 11.3 Å². The molecule has 2 aromatic rings. The van der Waals surface area contributed by atoms with E-state index < -0.39 is 5.97 Å². The Morgan fingerprint density at radius 1 is 1.09 bits per heavy atom. The van der Waals surface area contributed by atoms with E-state index >= 15 is 0 Å². The van der Waals surface area contributed by atoms with E-state index in [1.54, 1.807) is 28.8 Å². The minimum atomic E-state index is -0.469. The van der Waals surface area contributed by atoms with Crippen LogP contribution in [0.15, 0.2) is 41.1 Å². The average Bonchev–Trinajstić information content (AvgIpc) is 3.07. The minimum absolute atomic E-state index is 0.231. The van der Waals surface area contributed by atoms with Gasteiger partial charge in [-0.15, -0.1) is 0 Å². The van der Waals surface area contributed by atoms with Crippen LogP contribution in [-0.2, 0) is 16.1 Å². The van der Waals surface area contributed by atoms with E-state index in [0.29, 0.717) is 12.1 Å². The van der Waals surface area contributed by atoms with E-state index in [2.05, 4.69) is 0 Å². The lowest BCUT2D eigenvalue weighted by molar-refractivity contribution is -0.133. The molecular weight excluding hydrogens is 312 g/mol. The molecule has 2 rings (SSSR count). The van der Waals surface area contributed by atoms with Crippen molar-refractivity contribution in [2.75, 3.05) is 32.6 Å². The largest absolute Gasteiger partial charge is 0.452 e. The van der Waals surface area contributed by atoms with Gasteiger partial charge in [-0.2, -0.15) is 11.3 Å². The predicted octanol–water partition coefficient (Wildman–Crippen LogP) is 2.63. The number of hydrogen-bond donors (Lipinski definition) is 0. The second-order valence-electron chi connectivity index (χ2n) is 5.40. The summed E-state index contributed by atoms with van der Waals surface area (Å²) in [6.07, 6.45) is 0. The Morgan fingerprint density at radius 3 is 2.35 bits per heavy atom. The number of amides is 1. The fraction of sp³-hybridized carbons (Fsp3) is 0.294. The third kappa shape index (κ3) is 4.82. The SMILES string of the molecule is CN(Cc1ccc(N(C)C)cc1)C(=O)COC(=O)c1ccsc1. The molecule has 0 saturated carbocycles. The molecule has 1 aromatic heterocycles. The first kappa shape index (κ1) is 17.0. The second-order valence-corrected chi connectivity index (χ2v) is 6.18. The Morgan fingerprint density at radius 2 is 1.78 bits per heavy atom. The van der Waals surface area contributed by atoms with Crippen molar-refractivity contribution < 1.29 is 14.3 Å². The molecule has 6 heteroatoms. The van der Waals surface area contributed by atoms with Crippen molar-refractivity contribution in [2.45, 2.75) is 6.54 Å². The molecule has 5 nitrogen and oxygen atoms in total. The van der Waals surface area contributed by atoms with E-state index in [1.807, 2.05) is 43.3 Å². The van der Waals surface area contributed by atoms with Gasteiger partial charge in [0.2, 0.25) is 0 Å². The van der Waals surface area contributed by atoms with Crippen molar-refractivity contribution in [2.24, 2.45) is 0 Å². The number of likely N-dealkylation sites (N-methyl/N-ethyl adjacent to an activating group) is 1. The molecule has 23 heavy (non-hydrogen) atoms. The Hall–Kier alpha value is -2.34. The maximum atomic E-state index is 12.0. The molecule has 1 aromatic carbocycles. The quantitative estimate of drug-likeness (QED) is 0.763. The number of thiophene rings is 1. The van der Waals surface area contributed by atoms with Crippen LogP contribution in [0, 0.1) is 0 Å². The average molecular weight is 332 g/mol. The van der Waals surface area contributed by atoms with Crippen molar-refractivity contribution in [1.82, 2.24) is 4.90 Å². The summed E-state index contributed by atoms with van der Waals surface area (Å²) in [7, 11) is 5.65. The van der Waals surface area contributed by atoms with Gasteiger partial charge in [0.1, 0.15) is 0 Å². The maximum absolute atomic E-state index is 12.0. The zero-order chi connectivity index (χ0) is 16.8. The van der Waals surface area contributed by atoms with E-state index in [4.69, 9.17) is 4.74 Å². The smallest absolute Gasteiger partial charge is 0.339 e. The van der Waals surface area contributed by atoms with Crippen LogP contribution in [0.2, 0.25) is 0 Å². The van der Waals surface area contributed by atoms with Crippen molar-refractivity contribution in [1.29, 1.82) is 0 Å². The molecule has 0 aliphatic rings. The first-order valence-corrected chi connectivity index (χ1v) is 8.11. The Balaban J connectivity index is 1.83.